The summed E-state index contributed by atoms with van der Waals surface area (Å²) < 4.78 is 0. The Morgan fingerprint density at radius 3 is 2.46 bits per heavy atom. The predicted molar refractivity (Wildman–Crippen MR) is 98.6 cm³/mol. The Morgan fingerprint density at radius 2 is 1.88 bits per heavy atom. The zero-order chi connectivity index (χ0) is 19.1. The monoisotopic (exact) mass is 359 g/mol. The lowest BCUT2D eigenvalue weighted by molar-refractivity contribution is -0.156. The largest absolute Gasteiger partial charge is 0.391 e. The van der Waals surface area contributed by atoms with Crippen LogP contribution < -0.4 is 0 Å². The summed E-state index contributed by atoms with van der Waals surface area (Å²) in [6, 6.07) is 5.49. The first-order chi connectivity index (χ1) is 12.1. The molecule has 0 radical (unpaired) electrons. The third kappa shape index (κ3) is 3.34. The number of aliphatic hydroxyl groups excluding tert-OH is 1. The fourth-order valence-corrected chi connectivity index (χ4v) is 4.33. The highest BCUT2D eigenvalue weighted by molar-refractivity contribution is 5.92. The number of aliphatic hydroxyl groups is 1. The van der Waals surface area contributed by atoms with Gasteiger partial charge in [-0.15, -0.1) is 0 Å². The van der Waals surface area contributed by atoms with E-state index in [-0.39, 0.29) is 17.2 Å². The molecule has 6 nitrogen and oxygen atoms in total. The van der Waals surface area contributed by atoms with Gasteiger partial charge in [-0.3, -0.25) is 9.59 Å². The van der Waals surface area contributed by atoms with E-state index in [0.717, 1.165) is 18.5 Å². The second-order valence-electron chi connectivity index (χ2n) is 8.44. The van der Waals surface area contributed by atoms with E-state index < -0.39 is 11.6 Å². The van der Waals surface area contributed by atoms with Gasteiger partial charge in [-0.25, -0.2) is 4.98 Å². The van der Waals surface area contributed by atoms with Crippen molar-refractivity contribution in [1.82, 2.24) is 14.8 Å². The first kappa shape index (κ1) is 18.8. The molecule has 0 aromatic carbocycles. The average molecular weight is 359 g/mol. The molecular weight excluding hydrogens is 330 g/mol. The van der Waals surface area contributed by atoms with Gasteiger partial charge < -0.3 is 14.9 Å². The van der Waals surface area contributed by atoms with E-state index in [2.05, 4.69) is 4.98 Å². The number of hydrogen-bond donors (Lipinski definition) is 1. The molecule has 26 heavy (non-hydrogen) atoms. The van der Waals surface area contributed by atoms with Crippen molar-refractivity contribution in [3.05, 3.63) is 29.6 Å². The smallest absolute Gasteiger partial charge is 0.272 e. The van der Waals surface area contributed by atoms with Gasteiger partial charge in [0.1, 0.15) is 5.69 Å². The lowest BCUT2D eigenvalue weighted by atomic mass is 9.67. The van der Waals surface area contributed by atoms with Crippen LogP contribution in [0.3, 0.4) is 0 Å². The predicted octanol–water partition coefficient (Wildman–Crippen LogP) is 2.00. The van der Waals surface area contributed by atoms with Crippen LogP contribution in [-0.4, -0.2) is 63.0 Å². The van der Waals surface area contributed by atoms with Crippen molar-refractivity contribution in [1.29, 1.82) is 0 Å². The number of piperidine rings is 2. The van der Waals surface area contributed by atoms with Gasteiger partial charge in [-0.1, -0.05) is 6.07 Å². The highest BCUT2D eigenvalue weighted by Gasteiger charge is 2.50. The van der Waals surface area contributed by atoms with Crippen LogP contribution in [0, 0.1) is 12.3 Å². The molecule has 2 aliphatic rings. The number of likely N-dealkylation sites (tertiary alicyclic amines) is 2. The molecule has 6 heteroatoms. The van der Waals surface area contributed by atoms with E-state index in [0.29, 0.717) is 31.7 Å². The quantitative estimate of drug-likeness (QED) is 0.832. The Labute approximate surface area is 155 Å². The number of rotatable bonds is 1. The van der Waals surface area contributed by atoms with Gasteiger partial charge in [-0.05, 0) is 57.6 Å². The minimum Gasteiger partial charge on any atom is -0.391 e. The molecule has 1 spiro atoms. The maximum atomic E-state index is 12.7. The molecular formula is C20H29N3O3. The first-order valence-electron chi connectivity index (χ1n) is 9.34. The summed E-state index contributed by atoms with van der Waals surface area (Å²) in [4.78, 5) is 32.8. The summed E-state index contributed by atoms with van der Waals surface area (Å²) in [5.41, 5.74) is 0.655. The van der Waals surface area contributed by atoms with Gasteiger partial charge in [0.15, 0.2) is 0 Å². The molecule has 0 unspecified atom stereocenters. The third-order valence-corrected chi connectivity index (χ3v) is 6.23. The zero-order valence-electron chi connectivity index (χ0n) is 16.2. The maximum Gasteiger partial charge on any atom is 0.272 e. The van der Waals surface area contributed by atoms with Crippen LogP contribution in [0.4, 0.5) is 0 Å². The Balaban J connectivity index is 1.71. The van der Waals surface area contributed by atoms with Crippen LogP contribution in [0.5, 0.6) is 0 Å². The number of carbonyl (C=O) groups is 2. The molecule has 2 fully saturated rings. The van der Waals surface area contributed by atoms with Crippen molar-refractivity contribution in [3.8, 4) is 0 Å². The number of carbonyl (C=O) groups excluding carboxylic acids is 2. The minimum atomic E-state index is -0.555. The molecule has 3 heterocycles. The summed E-state index contributed by atoms with van der Waals surface area (Å²) in [5, 5.41) is 10.7. The lowest BCUT2D eigenvalue weighted by Crippen LogP contribution is -2.64. The van der Waals surface area contributed by atoms with Crippen molar-refractivity contribution in [3.63, 3.8) is 0 Å². The number of hydrogen-bond acceptors (Lipinski definition) is 4. The standard InChI is InChI=1S/C20H29N3O3/c1-14-6-5-7-16(21-14)18(26)22-10-8-20(9-11-22)12-17(25)19(3,4)23(13-20)15(2)24/h5-7,17,25H,8-13H2,1-4H3/t17-/m0/s1. The lowest BCUT2D eigenvalue weighted by Gasteiger charge is -2.55. The topological polar surface area (TPSA) is 73.7 Å². The maximum absolute atomic E-state index is 12.7. The molecule has 2 amide bonds. The Kier molecular flexibility index (Phi) is 4.82. The van der Waals surface area contributed by atoms with E-state index in [9.17, 15) is 14.7 Å². The Morgan fingerprint density at radius 1 is 1.23 bits per heavy atom. The van der Waals surface area contributed by atoms with Gasteiger partial charge in [0, 0.05) is 32.3 Å². The van der Waals surface area contributed by atoms with Crippen LogP contribution in [0.1, 0.15) is 56.2 Å². The second-order valence-corrected chi connectivity index (χ2v) is 8.44. The molecule has 2 saturated heterocycles. The summed E-state index contributed by atoms with van der Waals surface area (Å²) in [6.07, 6.45) is 1.71. The molecule has 1 N–H and O–H groups in total. The van der Waals surface area contributed by atoms with E-state index in [4.69, 9.17) is 0 Å². The van der Waals surface area contributed by atoms with Crippen LogP contribution in [0.15, 0.2) is 18.2 Å². The average Bonchev–Trinajstić information content (AvgIpc) is 2.58. The van der Waals surface area contributed by atoms with E-state index in [1.807, 2.05) is 37.8 Å². The molecule has 142 valence electrons. The normalized spacial score (nSPS) is 24.6. The summed E-state index contributed by atoms with van der Waals surface area (Å²) in [5.74, 6) is -0.0424. The zero-order valence-corrected chi connectivity index (χ0v) is 16.2. The molecule has 3 rings (SSSR count). The molecule has 0 aliphatic carbocycles. The highest BCUT2D eigenvalue weighted by Crippen LogP contribution is 2.45. The second kappa shape index (κ2) is 6.65. The van der Waals surface area contributed by atoms with E-state index in [1.54, 1.807) is 17.9 Å². The number of nitrogens with zero attached hydrogens (tertiary/aromatic N) is 3. The van der Waals surface area contributed by atoms with Crippen LogP contribution >= 0.6 is 0 Å². The molecule has 0 saturated carbocycles. The number of pyridine rings is 1. The number of aryl methyl sites for hydroxylation is 1. The molecule has 1 aromatic rings. The molecule has 1 atom stereocenters. The SMILES string of the molecule is CC(=O)N1CC2(CCN(C(=O)c3cccc(C)n3)CC2)C[C@H](O)C1(C)C. The molecule has 0 bridgehead atoms. The van der Waals surface area contributed by atoms with Crippen molar-refractivity contribution in [2.45, 2.75) is 58.6 Å². The number of aromatic nitrogens is 1. The Hall–Kier alpha value is -1.95. The highest BCUT2D eigenvalue weighted by atomic mass is 16.3. The van der Waals surface area contributed by atoms with Crippen LogP contribution in [-0.2, 0) is 4.79 Å². The van der Waals surface area contributed by atoms with E-state index in [1.165, 1.54) is 0 Å². The van der Waals surface area contributed by atoms with Gasteiger partial charge in [0.05, 0.1) is 11.6 Å². The fraction of sp³-hybridized carbons (Fsp3) is 0.650. The van der Waals surface area contributed by atoms with Gasteiger partial charge in [0.25, 0.3) is 5.91 Å². The molecule has 2 aliphatic heterocycles. The summed E-state index contributed by atoms with van der Waals surface area (Å²) in [6.45, 7) is 9.21. The first-order valence-corrected chi connectivity index (χ1v) is 9.34. The van der Waals surface area contributed by atoms with Crippen molar-refractivity contribution < 1.29 is 14.7 Å². The van der Waals surface area contributed by atoms with Gasteiger partial charge >= 0.3 is 0 Å². The van der Waals surface area contributed by atoms with E-state index >= 15 is 0 Å². The summed E-state index contributed by atoms with van der Waals surface area (Å²) >= 11 is 0. The van der Waals surface area contributed by atoms with Crippen LogP contribution in [0.2, 0.25) is 0 Å². The Bertz CT molecular complexity index is 708. The molecule has 1 aromatic heterocycles. The summed E-state index contributed by atoms with van der Waals surface area (Å²) in [7, 11) is 0. The third-order valence-electron chi connectivity index (χ3n) is 6.23. The number of amides is 2. The minimum absolute atomic E-state index is 0.00408. The van der Waals surface area contributed by atoms with Crippen molar-refractivity contribution in [2.75, 3.05) is 19.6 Å². The van der Waals surface area contributed by atoms with Crippen molar-refractivity contribution >= 4 is 11.8 Å². The van der Waals surface area contributed by atoms with Gasteiger partial charge in [-0.2, -0.15) is 0 Å². The van der Waals surface area contributed by atoms with Crippen LogP contribution in [0.25, 0.3) is 0 Å². The van der Waals surface area contributed by atoms with Crippen molar-refractivity contribution in [2.24, 2.45) is 5.41 Å². The van der Waals surface area contributed by atoms with Gasteiger partial charge in [0.2, 0.25) is 5.91 Å². The fourth-order valence-electron chi connectivity index (χ4n) is 4.33.